The minimum absolute atomic E-state index is 0.0238. The smallest absolute Gasteiger partial charge is 0.253 e. The van der Waals surface area contributed by atoms with E-state index in [2.05, 4.69) is 15.2 Å². The third-order valence-corrected chi connectivity index (χ3v) is 4.64. The van der Waals surface area contributed by atoms with Gasteiger partial charge in [0.2, 0.25) is 0 Å². The van der Waals surface area contributed by atoms with E-state index in [1.807, 2.05) is 35.9 Å². The van der Waals surface area contributed by atoms with E-state index in [0.29, 0.717) is 11.6 Å². The first-order valence-electron chi connectivity index (χ1n) is 7.66. The Bertz CT molecular complexity index is 681. The third kappa shape index (κ3) is 2.42. The van der Waals surface area contributed by atoms with Gasteiger partial charge >= 0.3 is 0 Å². The van der Waals surface area contributed by atoms with Crippen molar-refractivity contribution in [1.82, 2.24) is 19.6 Å². The predicted octanol–water partition coefficient (Wildman–Crippen LogP) is 1.47. The van der Waals surface area contributed by atoms with Gasteiger partial charge in [0.15, 0.2) is 0 Å². The lowest BCUT2D eigenvalue weighted by Gasteiger charge is -2.30. The number of aryl methyl sites for hydroxylation is 1. The van der Waals surface area contributed by atoms with Crippen LogP contribution in [0.15, 0.2) is 24.5 Å². The Morgan fingerprint density at radius 1 is 1.33 bits per heavy atom. The fourth-order valence-corrected chi connectivity index (χ4v) is 3.69. The maximum Gasteiger partial charge on any atom is 0.253 e. The highest BCUT2D eigenvalue weighted by Gasteiger charge is 2.32. The second-order valence-corrected chi connectivity index (χ2v) is 6.39. The average molecular weight is 284 g/mol. The topological polar surface area (TPSA) is 49.6 Å². The molecule has 4 heterocycles. The number of piperidine rings is 1. The Morgan fingerprint density at radius 3 is 3.10 bits per heavy atom. The molecule has 0 radical (unpaired) electrons. The highest BCUT2D eigenvalue weighted by atomic mass is 16.1. The van der Waals surface area contributed by atoms with Crippen LogP contribution >= 0.6 is 0 Å². The van der Waals surface area contributed by atoms with Crippen molar-refractivity contribution in [1.29, 1.82) is 0 Å². The fraction of sp³-hybridized carbons (Fsp3) is 0.500. The standard InChI is InChI=1S/C16H20N4O/c1-11-7-20-9-13(2-3-15(20)17-11)16(21)18-14-6-12-4-5-19(8-12)10-14/h2-3,7,9,12,14H,4-6,8,10H2,1H3,(H,18,21)/t12?,14-/m1/s1. The van der Waals surface area contributed by atoms with Gasteiger partial charge in [-0.25, -0.2) is 4.98 Å². The second kappa shape index (κ2) is 4.84. The van der Waals surface area contributed by atoms with Gasteiger partial charge in [0, 0.05) is 31.5 Å². The van der Waals surface area contributed by atoms with Crippen LogP contribution in [0.25, 0.3) is 5.65 Å². The molecule has 1 amide bonds. The zero-order chi connectivity index (χ0) is 14.4. The molecule has 0 aliphatic carbocycles. The van der Waals surface area contributed by atoms with Crippen molar-refractivity contribution in [2.24, 2.45) is 5.92 Å². The number of hydrogen-bond donors (Lipinski definition) is 1. The van der Waals surface area contributed by atoms with E-state index in [9.17, 15) is 4.79 Å². The van der Waals surface area contributed by atoms with Crippen molar-refractivity contribution >= 4 is 11.6 Å². The summed E-state index contributed by atoms with van der Waals surface area (Å²) in [5.41, 5.74) is 2.54. The third-order valence-electron chi connectivity index (χ3n) is 4.64. The molecule has 2 saturated heterocycles. The van der Waals surface area contributed by atoms with Crippen LogP contribution in [-0.4, -0.2) is 45.9 Å². The molecule has 1 N–H and O–H groups in total. The number of imidazole rings is 1. The molecule has 0 saturated carbocycles. The van der Waals surface area contributed by atoms with Gasteiger partial charge < -0.3 is 14.6 Å². The maximum absolute atomic E-state index is 12.4. The molecular weight excluding hydrogens is 264 g/mol. The van der Waals surface area contributed by atoms with Crippen molar-refractivity contribution in [2.75, 3.05) is 19.6 Å². The number of pyridine rings is 1. The summed E-state index contributed by atoms with van der Waals surface area (Å²) in [6, 6.07) is 4.05. The lowest BCUT2D eigenvalue weighted by molar-refractivity contribution is 0.0909. The summed E-state index contributed by atoms with van der Waals surface area (Å²) < 4.78 is 1.91. The highest BCUT2D eigenvalue weighted by Crippen LogP contribution is 2.26. The van der Waals surface area contributed by atoms with Crippen molar-refractivity contribution < 1.29 is 4.79 Å². The number of amides is 1. The molecule has 2 aromatic heterocycles. The zero-order valence-electron chi connectivity index (χ0n) is 12.2. The number of hydrogen-bond acceptors (Lipinski definition) is 3. The quantitative estimate of drug-likeness (QED) is 0.908. The molecule has 110 valence electrons. The van der Waals surface area contributed by atoms with Gasteiger partial charge in [-0.05, 0) is 44.4 Å². The number of nitrogens with one attached hydrogen (secondary N) is 1. The molecule has 2 fully saturated rings. The lowest BCUT2D eigenvalue weighted by Crippen LogP contribution is -2.47. The van der Waals surface area contributed by atoms with Gasteiger partial charge in [0.1, 0.15) is 5.65 Å². The van der Waals surface area contributed by atoms with Gasteiger partial charge in [-0.3, -0.25) is 4.79 Å². The van der Waals surface area contributed by atoms with Gasteiger partial charge in [0.25, 0.3) is 5.91 Å². The summed E-state index contributed by atoms with van der Waals surface area (Å²) in [7, 11) is 0. The van der Waals surface area contributed by atoms with Crippen LogP contribution in [0.2, 0.25) is 0 Å². The monoisotopic (exact) mass is 284 g/mol. The number of rotatable bonds is 2. The van der Waals surface area contributed by atoms with Crippen LogP contribution in [0.4, 0.5) is 0 Å². The number of carbonyl (C=O) groups is 1. The Hall–Kier alpha value is -1.88. The Morgan fingerprint density at radius 2 is 2.24 bits per heavy atom. The molecule has 21 heavy (non-hydrogen) atoms. The maximum atomic E-state index is 12.4. The van der Waals surface area contributed by atoms with Crippen molar-refractivity contribution in [3.05, 3.63) is 35.8 Å². The Balaban J connectivity index is 1.50. The SMILES string of the molecule is Cc1cn2cc(C(=O)N[C@@H]3CC4CCN(C4)C3)ccc2n1. The molecule has 2 aliphatic rings. The summed E-state index contributed by atoms with van der Waals surface area (Å²) in [4.78, 5) is 19.3. The van der Waals surface area contributed by atoms with E-state index in [0.717, 1.165) is 30.2 Å². The van der Waals surface area contributed by atoms with Crippen LogP contribution in [0.3, 0.4) is 0 Å². The number of nitrogens with zero attached hydrogens (tertiary/aromatic N) is 3. The molecule has 2 unspecified atom stereocenters. The van der Waals surface area contributed by atoms with E-state index >= 15 is 0 Å². The molecule has 2 bridgehead atoms. The largest absolute Gasteiger partial charge is 0.348 e. The van der Waals surface area contributed by atoms with Crippen LogP contribution in [0, 0.1) is 12.8 Å². The molecule has 2 aromatic rings. The van der Waals surface area contributed by atoms with Crippen LogP contribution < -0.4 is 5.32 Å². The van der Waals surface area contributed by atoms with E-state index in [-0.39, 0.29) is 5.91 Å². The van der Waals surface area contributed by atoms with Crippen LogP contribution in [0.5, 0.6) is 0 Å². The second-order valence-electron chi connectivity index (χ2n) is 6.39. The molecular formula is C16H20N4O. The van der Waals surface area contributed by atoms with Gasteiger partial charge in [-0.2, -0.15) is 0 Å². The summed E-state index contributed by atoms with van der Waals surface area (Å²) in [6.45, 7) is 5.36. The average Bonchev–Trinajstić information content (AvgIpc) is 2.99. The predicted molar refractivity (Wildman–Crippen MR) is 80.3 cm³/mol. The lowest BCUT2D eigenvalue weighted by atomic mass is 9.96. The van der Waals surface area contributed by atoms with E-state index in [1.54, 1.807) is 0 Å². The zero-order valence-corrected chi connectivity index (χ0v) is 12.2. The molecule has 5 nitrogen and oxygen atoms in total. The molecule has 4 rings (SSSR count). The first-order chi connectivity index (χ1) is 10.2. The molecule has 5 heteroatoms. The molecule has 0 aromatic carbocycles. The highest BCUT2D eigenvalue weighted by molar-refractivity contribution is 5.94. The summed E-state index contributed by atoms with van der Waals surface area (Å²) in [5, 5.41) is 3.19. The van der Waals surface area contributed by atoms with E-state index in [4.69, 9.17) is 0 Å². The van der Waals surface area contributed by atoms with Gasteiger partial charge in [-0.1, -0.05) is 0 Å². The first-order valence-corrected chi connectivity index (χ1v) is 7.66. The first kappa shape index (κ1) is 12.8. The molecule has 3 atom stereocenters. The summed E-state index contributed by atoms with van der Waals surface area (Å²) >= 11 is 0. The van der Waals surface area contributed by atoms with Gasteiger partial charge in [0.05, 0.1) is 11.3 Å². The molecule has 0 spiro atoms. The number of aromatic nitrogens is 2. The van der Waals surface area contributed by atoms with Crippen molar-refractivity contribution in [3.8, 4) is 0 Å². The minimum Gasteiger partial charge on any atom is -0.348 e. The molecule has 2 aliphatic heterocycles. The Kier molecular flexibility index (Phi) is 2.96. The number of carbonyl (C=O) groups excluding carboxylic acids is 1. The van der Waals surface area contributed by atoms with E-state index in [1.165, 1.54) is 19.5 Å². The van der Waals surface area contributed by atoms with Crippen molar-refractivity contribution in [3.63, 3.8) is 0 Å². The van der Waals surface area contributed by atoms with Crippen LogP contribution in [-0.2, 0) is 0 Å². The van der Waals surface area contributed by atoms with Crippen molar-refractivity contribution in [2.45, 2.75) is 25.8 Å². The Labute approximate surface area is 124 Å². The number of fused-ring (bicyclic) bond motifs is 3. The summed E-state index contributed by atoms with van der Waals surface area (Å²) in [5.74, 6) is 0.790. The normalized spacial score (nSPS) is 28.0. The summed E-state index contributed by atoms with van der Waals surface area (Å²) in [6.07, 6.45) is 6.21. The van der Waals surface area contributed by atoms with E-state index < -0.39 is 0 Å². The van der Waals surface area contributed by atoms with Crippen LogP contribution in [0.1, 0.15) is 28.9 Å². The fourth-order valence-electron chi connectivity index (χ4n) is 3.69. The minimum atomic E-state index is 0.0238. The van der Waals surface area contributed by atoms with Gasteiger partial charge in [-0.15, -0.1) is 0 Å².